The van der Waals surface area contributed by atoms with Crippen molar-refractivity contribution in [3.05, 3.63) is 0 Å². The molecule has 42 heavy (non-hydrogen) atoms. The quantitative estimate of drug-likeness (QED) is 0.139. The maximum absolute atomic E-state index is 12.0. The fourth-order valence-corrected chi connectivity index (χ4v) is 7.67. The predicted molar refractivity (Wildman–Crippen MR) is 145 cm³/mol. The number of esters is 4. The van der Waals surface area contributed by atoms with Gasteiger partial charge in [0.05, 0.1) is 0 Å². The minimum atomic E-state index is -0.942. The van der Waals surface area contributed by atoms with E-state index in [1.807, 2.05) is 0 Å². The number of hydrogen-bond acceptors (Lipinski definition) is 16. The maximum atomic E-state index is 12.0. The third-order valence-corrected chi connectivity index (χ3v) is 8.99. The highest BCUT2D eigenvalue weighted by Crippen LogP contribution is 2.43. The van der Waals surface area contributed by atoms with Crippen LogP contribution in [0.1, 0.15) is 55.4 Å². The van der Waals surface area contributed by atoms with E-state index in [1.54, 1.807) is 27.7 Å². The van der Waals surface area contributed by atoms with Gasteiger partial charge in [0.25, 0.3) is 0 Å². The average Bonchev–Trinajstić information content (AvgIpc) is 3.50. The van der Waals surface area contributed by atoms with Crippen LogP contribution in [0.15, 0.2) is 0 Å². The van der Waals surface area contributed by atoms with E-state index in [2.05, 4.69) is 0 Å². The van der Waals surface area contributed by atoms with Crippen LogP contribution in [0.4, 0.5) is 0 Å². The molecule has 0 aliphatic carbocycles. The fraction of sp³-hybridized carbons (Fsp3) is 0.846. The van der Waals surface area contributed by atoms with Crippen molar-refractivity contribution in [3.8, 4) is 0 Å². The van der Waals surface area contributed by atoms with E-state index in [0.29, 0.717) is 0 Å². The zero-order valence-electron chi connectivity index (χ0n) is 24.7. The first-order valence-corrected chi connectivity index (χ1v) is 16.0. The minimum absolute atomic E-state index is 0.215. The summed E-state index contributed by atoms with van der Waals surface area (Å²) in [6, 6.07) is 0. The summed E-state index contributed by atoms with van der Waals surface area (Å²) >= 11 is 0. The largest absolute Gasteiger partial charge is 0.459 e. The Bertz CT molecular complexity index is 956. The molecule has 0 aromatic heterocycles. The Hall–Kier alpha value is -1.66. The van der Waals surface area contributed by atoms with Crippen LogP contribution in [0.5, 0.6) is 0 Å². The molecule has 0 bridgehead atoms. The number of hydrogen-bond donors (Lipinski definition) is 0. The molecule has 0 saturated carbocycles. The van der Waals surface area contributed by atoms with Crippen molar-refractivity contribution in [1.29, 1.82) is 0 Å². The summed E-state index contributed by atoms with van der Waals surface area (Å²) in [6.45, 7) is 11.9. The molecular formula is C26H38O14S2. The average molecular weight is 639 g/mol. The monoisotopic (exact) mass is 638 g/mol. The first kappa shape index (κ1) is 33.2. The molecule has 0 aromatic rings. The number of carbonyl (C=O) groups excluding carboxylic acids is 4. The Balaban J connectivity index is 1.41. The molecule has 0 aromatic carbocycles. The zero-order chi connectivity index (χ0) is 31.0. The summed E-state index contributed by atoms with van der Waals surface area (Å²) in [4.78, 5) is 47.8. The smallest absolute Gasteiger partial charge is 0.303 e. The summed E-state index contributed by atoms with van der Waals surface area (Å²) in [5, 5.41) is 0. The molecule has 238 valence electrons. The van der Waals surface area contributed by atoms with Crippen molar-refractivity contribution in [2.24, 2.45) is 0 Å². The van der Waals surface area contributed by atoms with Gasteiger partial charge in [-0.1, -0.05) is 21.6 Å². The molecule has 0 amide bonds. The Labute approximate surface area is 251 Å². The van der Waals surface area contributed by atoms with Crippen molar-refractivity contribution >= 4 is 45.5 Å². The number of ether oxygens (including phenoxy) is 10. The molecule has 0 unspecified atom stereocenters. The lowest BCUT2D eigenvalue weighted by Gasteiger charge is -2.31. The summed E-state index contributed by atoms with van der Waals surface area (Å²) in [7, 11) is 2.62. The van der Waals surface area contributed by atoms with Crippen LogP contribution in [-0.2, 0) is 66.5 Å². The van der Waals surface area contributed by atoms with Crippen molar-refractivity contribution in [2.45, 2.75) is 128 Å². The van der Waals surface area contributed by atoms with Gasteiger partial charge < -0.3 is 47.4 Å². The van der Waals surface area contributed by atoms with Crippen LogP contribution in [0.2, 0.25) is 0 Å². The molecule has 4 aliphatic rings. The van der Waals surface area contributed by atoms with Gasteiger partial charge in [0, 0.05) is 39.2 Å². The lowest BCUT2D eigenvalue weighted by molar-refractivity contribution is -0.230. The van der Waals surface area contributed by atoms with Gasteiger partial charge in [0.15, 0.2) is 48.6 Å². The van der Waals surface area contributed by atoms with Gasteiger partial charge in [0.2, 0.25) is 0 Å². The van der Waals surface area contributed by atoms with Crippen LogP contribution in [0.25, 0.3) is 0 Å². The van der Waals surface area contributed by atoms with Crippen molar-refractivity contribution in [1.82, 2.24) is 0 Å². The number of fused-ring (bicyclic) bond motifs is 2. The molecular weight excluding hydrogens is 600 g/mol. The van der Waals surface area contributed by atoms with Crippen LogP contribution < -0.4 is 0 Å². The molecule has 4 heterocycles. The van der Waals surface area contributed by atoms with Crippen LogP contribution in [0, 0.1) is 0 Å². The fourth-order valence-electron chi connectivity index (χ4n) is 5.31. The van der Waals surface area contributed by atoms with Gasteiger partial charge in [-0.25, -0.2) is 0 Å². The second-order valence-electron chi connectivity index (χ2n) is 11.2. The van der Waals surface area contributed by atoms with E-state index in [9.17, 15) is 19.2 Å². The van der Waals surface area contributed by atoms with E-state index >= 15 is 0 Å². The lowest BCUT2D eigenvalue weighted by Crippen LogP contribution is -2.46. The third-order valence-electron chi connectivity index (χ3n) is 6.57. The standard InChI is InChI=1S/C26H38O14S2/c1-11(27)31-15(17-19(33-13(3)29)21-23(35-17)39-25(5,6)37-21)9-41-42-10-16(32-12(2)28)18-20(34-14(4)30)22-24(36-18)40-26(7,8)38-22/h15-24H,9-10H2,1-8H3/t15-,16-,17-,18-,19+,20+,21-,22-,23-,24-/m1/s1. The summed E-state index contributed by atoms with van der Waals surface area (Å²) in [6.07, 6.45) is -8.18. The molecule has 0 radical (unpaired) electrons. The first-order chi connectivity index (χ1) is 19.5. The minimum Gasteiger partial charge on any atom is -0.459 e. The van der Waals surface area contributed by atoms with Gasteiger partial charge in [-0.05, 0) is 27.7 Å². The Morgan fingerprint density at radius 1 is 0.619 bits per heavy atom. The molecule has 4 rings (SSSR count). The van der Waals surface area contributed by atoms with Crippen molar-refractivity contribution in [2.75, 3.05) is 11.5 Å². The molecule has 14 nitrogen and oxygen atoms in total. The molecule has 4 aliphatic heterocycles. The highest BCUT2D eigenvalue weighted by molar-refractivity contribution is 8.76. The van der Waals surface area contributed by atoms with Crippen LogP contribution >= 0.6 is 21.6 Å². The molecule has 4 saturated heterocycles. The summed E-state index contributed by atoms with van der Waals surface area (Å²) < 4.78 is 57.7. The van der Waals surface area contributed by atoms with E-state index in [4.69, 9.17) is 47.4 Å². The first-order valence-electron chi connectivity index (χ1n) is 13.5. The molecule has 16 heteroatoms. The molecule has 0 spiro atoms. The molecule has 4 fully saturated rings. The second kappa shape index (κ2) is 13.1. The highest BCUT2D eigenvalue weighted by atomic mass is 33.1. The SMILES string of the molecule is CC(=O)O[C@@H]1[C@H]2OC(C)(C)O[C@H]2O[C@@H]1[C@@H](CSSC[C@@H](OC(C)=O)[C@H]1O[C@@H]2OC(C)(C)O[C@@H]2[C@H]1OC(C)=O)OC(C)=O. The lowest BCUT2D eigenvalue weighted by atomic mass is 10.1. The third kappa shape index (κ3) is 8.08. The van der Waals surface area contributed by atoms with Gasteiger partial charge >= 0.3 is 23.9 Å². The van der Waals surface area contributed by atoms with Crippen molar-refractivity contribution in [3.63, 3.8) is 0 Å². The van der Waals surface area contributed by atoms with Gasteiger partial charge in [-0.2, -0.15) is 0 Å². The molecule has 0 N–H and O–H groups in total. The second-order valence-corrected chi connectivity index (χ2v) is 13.7. The maximum Gasteiger partial charge on any atom is 0.303 e. The molecule has 10 atom stereocenters. The van der Waals surface area contributed by atoms with Crippen LogP contribution in [0.3, 0.4) is 0 Å². The van der Waals surface area contributed by atoms with Gasteiger partial charge in [0.1, 0.15) is 24.4 Å². The van der Waals surface area contributed by atoms with E-state index < -0.39 is 96.9 Å². The Morgan fingerprint density at radius 3 is 1.29 bits per heavy atom. The summed E-state index contributed by atoms with van der Waals surface area (Å²) in [5.41, 5.74) is 0. The predicted octanol–water partition coefficient (Wildman–Crippen LogP) is 1.85. The Morgan fingerprint density at radius 2 is 0.976 bits per heavy atom. The summed E-state index contributed by atoms with van der Waals surface area (Å²) in [5.74, 6) is -3.65. The highest BCUT2D eigenvalue weighted by Gasteiger charge is 2.60. The number of rotatable bonds is 11. The van der Waals surface area contributed by atoms with E-state index in [0.717, 1.165) is 0 Å². The van der Waals surface area contributed by atoms with Gasteiger partial charge in [-0.3, -0.25) is 19.2 Å². The van der Waals surface area contributed by atoms with Gasteiger partial charge in [-0.15, -0.1) is 0 Å². The van der Waals surface area contributed by atoms with Crippen LogP contribution in [-0.4, -0.2) is 108 Å². The number of carbonyl (C=O) groups is 4. The topological polar surface area (TPSA) is 161 Å². The van der Waals surface area contributed by atoms with E-state index in [-0.39, 0.29) is 11.5 Å². The Kier molecular flexibility index (Phi) is 10.4. The van der Waals surface area contributed by atoms with E-state index in [1.165, 1.54) is 49.3 Å². The zero-order valence-corrected chi connectivity index (χ0v) is 26.4. The van der Waals surface area contributed by atoms with Crippen molar-refractivity contribution < 1.29 is 66.5 Å². The normalized spacial score (nSPS) is 35.5.